The molecule has 2 saturated heterocycles. The van der Waals surface area contributed by atoms with Gasteiger partial charge in [0.05, 0.1) is 12.2 Å². The van der Waals surface area contributed by atoms with Gasteiger partial charge in [0.1, 0.15) is 60.5 Å². The minimum atomic E-state index is -1.83. The zero-order valence-corrected chi connectivity index (χ0v) is 22.8. The van der Waals surface area contributed by atoms with Crippen molar-refractivity contribution in [1.82, 2.24) is 0 Å². The fourth-order valence-electron chi connectivity index (χ4n) is 5.13. The zero-order chi connectivity index (χ0) is 31.3. The molecule has 0 radical (unpaired) electrons. The van der Waals surface area contributed by atoms with E-state index in [0.29, 0.717) is 0 Å². The second-order valence-corrected chi connectivity index (χ2v) is 10.5. The first-order chi connectivity index (χ1) is 20.3. The Morgan fingerprint density at radius 1 is 0.907 bits per heavy atom. The lowest BCUT2D eigenvalue weighted by Crippen LogP contribution is -2.64. The maximum atomic E-state index is 13.3. The number of fused-ring (bicyclic) bond motifs is 2. The molecule has 15 heteroatoms. The molecular weight excluding hydrogens is 576 g/mol. The number of aliphatic hydroxyl groups excluding tert-OH is 5. The highest BCUT2D eigenvalue weighted by atomic mass is 16.8. The molecule has 9 atom stereocenters. The molecule has 5 rings (SSSR count). The molecule has 0 saturated carbocycles. The molecule has 232 valence electrons. The predicted octanol–water partition coefficient (Wildman–Crippen LogP) is -1.61. The summed E-state index contributed by atoms with van der Waals surface area (Å²) in [6, 6.07) is 4.76. The van der Waals surface area contributed by atoms with Gasteiger partial charge in [-0.15, -0.1) is 0 Å². The van der Waals surface area contributed by atoms with Crippen molar-refractivity contribution in [3.05, 3.63) is 52.1 Å². The average Bonchev–Trinajstić information content (AvgIpc) is 2.96. The molecule has 0 amide bonds. The number of ether oxygens (including phenoxy) is 5. The maximum absolute atomic E-state index is 13.3. The number of benzene rings is 2. The Morgan fingerprint density at radius 2 is 1.63 bits per heavy atom. The van der Waals surface area contributed by atoms with Gasteiger partial charge in [0.15, 0.2) is 24.0 Å². The van der Waals surface area contributed by atoms with Crippen LogP contribution in [0.2, 0.25) is 0 Å². The Balaban J connectivity index is 1.50. The first kappa shape index (κ1) is 30.8. The highest BCUT2D eigenvalue weighted by Crippen LogP contribution is 2.41. The first-order valence-corrected chi connectivity index (χ1v) is 13.2. The summed E-state index contributed by atoms with van der Waals surface area (Å²) < 4.78 is 27.5. The van der Waals surface area contributed by atoms with Gasteiger partial charge in [-0.05, 0) is 31.2 Å². The van der Waals surface area contributed by atoms with Crippen molar-refractivity contribution in [1.29, 1.82) is 0 Å². The van der Waals surface area contributed by atoms with Gasteiger partial charge < -0.3 is 59.4 Å². The lowest BCUT2D eigenvalue weighted by molar-refractivity contribution is -0.345. The third-order valence-electron chi connectivity index (χ3n) is 7.55. The summed E-state index contributed by atoms with van der Waals surface area (Å²) in [6.45, 7) is 1.53. The molecule has 0 bridgehead atoms. The molecule has 2 aromatic rings. The Hall–Kier alpha value is -3.67. The summed E-state index contributed by atoms with van der Waals surface area (Å²) in [6.07, 6.45) is -14.8. The van der Waals surface area contributed by atoms with E-state index in [1.165, 1.54) is 19.1 Å². The molecule has 7 N–H and O–H groups in total. The van der Waals surface area contributed by atoms with Crippen molar-refractivity contribution in [2.75, 3.05) is 13.2 Å². The van der Waals surface area contributed by atoms with Crippen LogP contribution in [0.1, 0.15) is 44.3 Å². The Bertz CT molecular complexity index is 1440. The molecule has 2 aliphatic heterocycles. The van der Waals surface area contributed by atoms with Crippen molar-refractivity contribution in [2.45, 2.75) is 69.2 Å². The van der Waals surface area contributed by atoms with Gasteiger partial charge in [-0.2, -0.15) is 0 Å². The lowest BCUT2D eigenvalue weighted by atomic mass is 9.82. The third-order valence-corrected chi connectivity index (χ3v) is 7.55. The molecule has 2 aromatic carbocycles. The van der Waals surface area contributed by atoms with Crippen LogP contribution < -0.4 is 4.74 Å². The number of carbonyl (C=O) groups excluding carboxylic acids is 3. The van der Waals surface area contributed by atoms with Crippen LogP contribution in [0, 0.1) is 6.92 Å². The van der Waals surface area contributed by atoms with Crippen LogP contribution in [-0.2, 0) is 23.7 Å². The number of aromatic hydroxyl groups is 2. The summed E-state index contributed by atoms with van der Waals surface area (Å²) in [4.78, 5) is 37.9. The summed E-state index contributed by atoms with van der Waals surface area (Å²) in [5.74, 6) is -3.14. The fourth-order valence-corrected chi connectivity index (χ4v) is 5.13. The molecule has 43 heavy (non-hydrogen) atoms. The predicted molar refractivity (Wildman–Crippen MR) is 138 cm³/mol. The maximum Gasteiger partial charge on any atom is 0.302 e. The van der Waals surface area contributed by atoms with Gasteiger partial charge in [0, 0.05) is 29.2 Å². The Labute approximate surface area is 243 Å². The molecule has 0 unspecified atom stereocenters. The van der Waals surface area contributed by atoms with Crippen LogP contribution in [0.15, 0.2) is 24.3 Å². The third kappa shape index (κ3) is 5.57. The highest BCUT2D eigenvalue weighted by Gasteiger charge is 2.50. The fraction of sp³-hybridized carbons (Fsp3) is 0.464. The number of esters is 1. The zero-order valence-electron chi connectivity index (χ0n) is 22.8. The highest BCUT2D eigenvalue weighted by molar-refractivity contribution is 6.29. The number of hydrogen-bond acceptors (Lipinski definition) is 15. The van der Waals surface area contributed by atoms with Crippen molar-refractivity contribution in [3.8, 4) is 17.2 Å². The van der Waals surface area contributed by atoms with Crippen LogP contribution in [0.4, 0.5) is 0 Å². The van der Waals surface area contributed by atoms with E-state index in [1.54, 1.807) is 0 Å². The SMILES string of the molecule is CC(=O)OC[C@H]1O[C@@H](Oc2cc3c(c(O)c2C)C(=O)c2ccc(O)cc2C3=O)[C@H](O[C@@H]2OC[C@@H](O)[C@H](O)[C@H]2O)[C@H](O)[C@@H]1O. The summed E-state index contributed by atoms with van der Waals surface area (Å²) in [5, 5.41) is 72.7. The summed E-state index contributed by atoms with van der Waals surface area (Å²) >= 11 is 0. The van der Waals surface area contributed by atoms with Gasteiger partial charge >= 0.3 is 5.97 Å². The van der Waals surface area contributed by atoms with E-state index >= 15 is 0 Å². The number of ketones is 2. The first-order valence-electron chi connectivity index (χ1n) is 13.2. The van der Waals surface area contributed by atoms with Crippen LogP contribution >= 0.6 is 0 Å². The average molecular weight is 607 g/mol. The van der Waals surface area contributed by atoms with Crippen LogP contribution in [-0.4, -0.2) is 122 Å². The Kier molecular flexibility index (Phi) is 8.43. The van der Waals surface area contributed by atoms with E-state index in [-0.39, 0.29) is 39.3 Å². The van der Waals surface area contributed by atoms with E-state index < -0.39 is 91.8 Å². The van der Waals surface area contributed by atoms with Crippen molar-refractivity contribution >= 4 is 17.5 Å². The molecule has 0 spiro atoms. The number of aliphatic hydroxyl groups is 5. The second-order valence-electron chi connectivity index (χ2n) is 10.5. The topological polar surface area (TPSA) is 239 Å². The van der Waals surface area contributed by atoms with Crippen molar-refractivity contribution in [2.24, 2.45) is 0 Å². The minimum Gasteiger partial charge on any atom is -0.508 e. The summed E-state index contributed by atoms with van der Waals surface area (Å²) in [7, 11) is 0. The standard InChI is InChI=1S/C28H30O15/c1-9-16(6-14-18(19(9)32)21(34)12-4-3-11(30)5-13(12)20(14)33)41-28-26(43-27-25(38)22(35)15(31)7-40-27)24(37)23(36)17(42-28)8-39-10(2)29/h3-6,15,17,22-28,30-32,35-38H,7-8H2,1-2H3/t15-,17-,22+,23-,24-,25-,26-,27+,28-/m1/s1. The van der Waals surface area contributed by atoms with Crippen LogP contribution in [0.3, 0.4) is 0 Å². The van der Waals surface area contributed by atoms with Gasteiger partial charge in [-0.3, -0.25) is 14.4 Å². The van der Waals surface area contributed by atoms with Crippen molar-refractivity contribution < 1.29 is 73.8 Å². The lowest BCUT2D eigenvalue weighted by Gasteiger charge is -2.44. The monoisotopic (exact) mass is 606 g/mol. The molecule has 2 heterocycles. The van der Waals surface area contributed by atoms with E-state index in [2.05, 4.69) is 0 Å². The largest absolute Gasteiger partial charge is 0.508 e. The number of phenolic OH excluding ortho intramolecular Hbond substituents is 2. The number of rotatable bonds is 6. The van der Waals surface area contributed by atoms with E-state index in [4.69, 9.17) is 23.7 Å². The van der Waals surface area contributed by atoms with Crippen LogP contribution in [0.25, 0.3) is 0 Å². The Morgan fingerprint density at radius 3 is 2.33 bits per heavy atom. The molecule has 2 fully saturated rings. The number of hydrogen-bond donors (Lipinski definition) is 7. The van der Waals surface area contributed by atoms with Gasteiger partial charge in [-0.25, -0.2) is 0 Å². The van der Waals surface area contributed by atoms with Crippen molar-refractivity contribution in [3.63, 3.8) is 0 Å². The van der Waals surface area contributed by atoms with Gasteiger partial charge in [-0.1, -0.05) is 0 Å². The normalized spacial score (nSPS) is 32.1. The number of carbonyl (C=O) groups is 3. The van der Waals surface area contributed by atoms with Gasteiger partial charge in [0.25, 0.3) is 0 Å². The number of phenols is 2. The van der Waals surface area contributed by atoms with E-state index in [0.717, 1.165) is 19.1 Å². The van der Waals surface area contributed by atoms with E-state index in [1.807, 2.05) is 0 Å². The van der Waals surface area contributed by atoms with Crippen LogP contribution in [0.5, 0.6) is 17.2 Å². The van der Waals surface area contributed by atoms with Gasteiger partial charge in [0.2, 0.25) is 6.29 Å². The molecular formula is C28H30O15. The summed E-state index contributed by atoms with van der Waals surface area (Å²) in [5.41, 5.74) is -0.693. The molecule has 3 aliphatic rings. The quantitative estimate of drug-likeness (QED) is 0.156. The van der Waals surface area contributed by atoms with E-state index in [9.17, 15) is 50.1 Å². The minimum absolute atomic E-state index is 0.0193. The molecule has 0 aromatic heterocycles. The second kappa shape index (κ2) is 11.8. The smallest absolute Gasteiger partial charge is 0.302 e. The molecule has 1 aliphatic carbocycles. The molecule has 15 nitrogen and oxygen atoms in total.